The van der Waals surface area contributed by atoms with Crippen molar-refractivity contribution >= 4 is 29.7 Å². The van der Waals surface area contributed by atoms with Crippen LogP contribution in [0.25, 0.3) is 0 Å². The molecule has 2 amide bonds. The van der Waals surface area contributed by atoms with Gasteiger partial charge in [-0.2, -0.15) is 13.2 Å². The van der Waals surface area contributed by atoms with Crippen molar-refractivity contribution in [2.24, 2.45) is 10.9 Å². The molecule has 1 saturated carbocycles. The molecular weight excluding hydrogens is 487 g/mol. The van der Waals surface area contributed by atoms with Crippen LogP contribution in [0.4, 0.5) is 23.7 Å². The van der Waals surface area contributed by atoms with Crippen molar-refractivity contribution in [3.05, 3.63) is 76.5 Å². The van der Waals surface area contributed by atoms with Crippen molar-refractivity contribution in [2.75, 3.05) is 11.4 Å². The number of anilines is 1. The number of hydrogen-bond donors (Lipinski definition) is 1. The predicted octanol–water partition coefficient (Wildman–Crippen LogP) is 5.54. The molecule has 2 atom stereocenters. The van der Waals surface area contributed by atoms with Gasteiger partial charge in [0.25, 0.3) is 0 Å². The fourth-order valence-corrected chi connectivity index (χ4v) is 4.93. The zero-order chi connectivity index (χ0) is 26.5. The standard InChI is InChI=1S/C27H24F3N3O4/c1-15-23(25(36)18-4-2-5-18)24(17-10-8-16(9-11-17)21-13-31-21)32(14-22(34)35)26(37)33(15)20-7-3-6-19(12-20)27(28,29)30/h3,6-13,18,21,24H,2,4-5,14H2,1H3,(H,34,35)/t21?,24-/m1/s1. The summed E-state index contributed by atoms with van der Waals surface area (Å²) in [5.41, 5.74) is 0.841. The maximum absolute atomic E-state index is 13.8. The summed E-state index contributed by atoms with van der Waals surface area (Å²) in [7, 11) is 0. The number of rotatable bonds is 7. The number of hydrogen-bond acceptors (Lipinski definition) is 4. The summed E-state index contributed by atoms with van der Waals surface area (Å²) < 4.78 is 40.4. The number of benzene rings is 2. The monoisotopic (exact) mass is 511 g/mol. The highest BCUT2D eigenvalue weighted by Crippen LogP contribution is 2.44. The maximum Gasteiger partial charge on any atom is 0.416 e. The zero-order valence-corrected chi connectivity index (χ0v) is 19.9. The maximum atomic E-state index is 13.8. The minimum Gasteiger partial charge on any atom is -0.480 e. The molecule has 2 aliphatic heterocycles. The number of aliphatic imine (C=N–C) groups is 1. The van der Waals surface area contributed by atoms with E-state index in [0.29, 0.717) is 18.4 Å². The molecule has 2 aromatic carbocycles. The third kappa shape index (κ3) is 4.63. The summed E-state index contributed by atoms with van der Waals surface area (Å²) in [6.07, 6.45) is -0.669. The third-order valence-electron chi connectivity index (χ3n) is 7.12. The van der Waals surface area contributed by atoms with Gasteiger partial charge in [-0.05, 0) is 49.1 Å². The van der Waals surface area contributed by atoms with E-state index in [1.165, 1.54) is 19.1 Å². The van der Waals surface area contributed by atoms with Crippen molar-refractivity contribution in [3.63, 3.8) is 0 Å². The fourth-order valence-electron chi connectivity index (χ4n) is 4.93. The van der Waals surface area contributed by atoms with Crippen molar-refractivity contribution < 1.29 is 32.7 Å². The first-order valence-electron chi connectivity index (χ1n) is 11.9. The summed E-state index contributed by atoms with van der Waals surface area (Å²) in [4.78, 5) is 45.5. The first-order chi connectivity index (χ1) is 17.6. The number of carboxylic acid groups (broad SMARTS) is 1. The Labute approximate surface area is 210 Å². The third-order valence-corrected chi connectivity index (χ3v) is 7.12. The molecule has 192 valence electrons. The van der Waals surface area contributed by atoms with Crippen LogP contribution in [-0.2, 0) is 15.8 Å². The fraction of sp³-hybridized carbons (Fsp3) is 0.333. The number of aliphatic carboxylic acids is 1. The van der Waals surface area contributed by atoms with Crippen molar-refractivity contribution in [1.82, 2.24) is 4.90 Å². The second kappa shape index (κ2) is 9.17. The number of ketones is 1. The Bertz CT molecular complexity index is 1320. The highest BCUT2D eigenvalue weighted by Gasteiger charge is 2.45. The molecular formula is C27H24F3N3O4. The number of nitrogens with zero attached hydrogens (tertiary/aromatic N) is 3. The van der Waals surface area contributed by atoms with Crippen LogP contribution >= 0.6 is 0 Å². The van der Waals surface area contributed by atoms with E-state index < -0.39 is 36.3 Å². The van der Waals surface area contributed by atoms with Crippen LogP contribution in [0.2, 0.25) is 0 Å². The molecule has 0 aromatic heterocycles. The SMILES string of the molecule is CC1=C(C(=O)C2CCC2)[C@@H](c2ccc(C3C=N3)cc2)N(CC(=O)O)C(=O)N1c1cccc(C(F)(F)F)c1. The molecule has 3 aliphatic rings. The smallest absolute Gasteiger partial charge is 0.416 e. The summed E-state index contributed by atoms with van der Waals surface area (Å²) in [5, 5.41) is 9.66. The Morgan fingerprint density at radius 2 is 1.73 bits per heavy atom. The lowest BCUT2D eigenvalue weighted by atomic mass is 9.76. The van der Waals surface area contributed by atoms with Crippen LogP contribution in [0.1, 0.15) is 55.0 Å². The lowest BCUT2D eigenvalue weighted by Gasteiger charge is -2.44. The van der Waals surface area contributed by atoms with E-state index in [4.69, 9.17) is 0 Å². The van der Waals surface area contributed by atoms with Gasteiger partial charge in [-0.15, -0.1) is 0 Å². The van der Waals surface area contributed by atoms with Crippen LogP contribution in [-0.4, -0.2) is 40.5 Å². The lowest BCUT2D eigenvalue weighted by Crippen LogP contribution is -2.53. The van der Waals surface area contributed by atoms with Gasteiger partial charge in [0.2, 0.25) is 0 Å². The molecule has 7 nitrogen and oxygen atoms in total. The number of carbonyl (C=O) groups is 3. The van der Waals surface area contributed by atoms with Crippen LogP contribution in [0, 0.1) is 5.92 Å². The quantitative estimate of drug-likeness (QED) is 0.528. The number of carbonyl (C=O) groups excluding carboxylic acids is 2. The van der Waals surface area contributed by atoms with Gasteiger partial charge in [0.05, 0.1) is 17.3 Å². The van der Waals surface area contributed by atoms with E-state index in [9.17, 15) is 32.7 Å². The molecule has 37 heavy (non-hydrogen) atoms. The van der Waals surface area contributed by atoms with Crippen molar-refractivity contribution in [2.45, 2.75) is 44.4 Å². The highest BCUT2D eigenvalue weighted by atomic mass is 19.4. The normalized spacial score (nSPS) is 21.8. The van der Waals surface area contributed by atoms with Gasteiger partial charge in [-0.3, -0.25) is 19.5 Å². The Balaban J connectivity index is 1.67. The minimum absolute atomic E-state index is 0.0121. The minimum atomic E-state index is -4.65. The van der Waals surface area contributed by atoms with Crippen LogP contribution < -0.4 is 4.90 Å². The second-order valence-corrected chi connectivity index (χ2v) is 9.49. The first-order valence-corrected chi connectivity index (χ1v) is 11.9. The molecule has 1 N–H and O–H groups in total. The van der Waals surface area contributed by atoms with E-state index >= 15 is 0 Å². The second-order valence-electron chi connectivity index (χ2n) is 9.49. The number of carboxylic acids is 1. The number of allylic oxidation sites excluding steroid dienone is 1. The summed E-state index contributed by atoms with van der Waals surface area (Å²) in [5.74, 6) is -1.81. The molecule has 5 rings (SSSR count). The Morgan fingerprint density at radius 3 is 2.27 bits per heavy atom. The van der Waals surface area contributed by atoms with Gasteiger partial charge < -0.3 is 10.0 Å². The van der Waals surface area contributed by atoms with E-state index in [2.05, 4.69) is 4.99 Å². The molecule has 10 heteroatoms. The Kier molecular flexibility index (Phi) is 6.13. The highest BCUT2D eigenvalue weighted by molar-refractivity contribution is 6.07. The summed E-state index contributed by atoms with van der Waals surface area (Å²) >= 11 is 0. The van der Waals surface area contributed by atoms with E-state index in [1.54, 1.807) is 18.3 Å². The van der Waals surface area contributed by atoms with Gasteiger partial charge in [0, 0.05) is 23.4 Å². The number of Topliss-reactive ketones (excluding diaryl/α,β-unsaturated/α-hetero) is 1. The largest absolute Gasteiger partial charge is 0.480 e. The zero-order valence-electron chi connectivity index (χ0n) is 19.9. The van der Waals surface area contributed by atoms with Crippen LogP contribution in [0.15, 0.2) is 64.8 Å². The van der Waals surface area contributed by atoms with Crippen molar-refractivity contribution in [1.29, 1.82) is 0 Å². The predicted molar refractivity (Wildman–Crippen MR) is 129 cm³/mol. The van der Waals surface area contributed by atoms with Gasteiger partial charge in [0.15, 0.2) is 5.78 Å². The van der Waals surface area contributed by atoms with Gasteiger partial charge in [-0.25, -0.2) is 4.79 Å². The van der Waals surface area contributed by atoms with E-state index in [0.717, 1.165) is 33.9 Å². The topological polar surface area (TPSA) is 90.3 Å². The molecule has 0 spiro atoms. The molecule has 1 aliphatic carbocycles. The van der Waals surface area contributed by atoms with E-state index in [-0.39, 0.29) is 34.7 Å². The molecule has 0 bridgehead atoms. The molecule has 1 unspecified atom stereocenters. The molecule has 2 heterocycles. The molecule has 0 saturated heterocycles. The average molecular weight is 512 g/mol. The number of amides is 2. The molecule has 1 fully saturated rings. The Morgan fingerprint density at radius 1 is 1.08 bits per heavy atom. The number of urea groups is 1. The lowest BCUT2D eigenvalue weighted by molar-refractivity contribution is -0.138. The first kappa shape index (κ1) is 24.7. The molecule has 2 aromatic rings. The molecule has 0 radical (unpaired) electrons. The van der Waals surface area contributed by atoms with Gasteiger partial charge in [-0.1, -0.05) is 36.8 Å². The average Bonchev–Trinajstić information content (AvgIpc) is 3.65. The van der Waals surface area contributed by atoms with Crippen LogP contribution in [0.5, 0.6) is 0 Å². The van der Waals surface area contributed by atoms with Crippen LogP contribution in [0.3, 0.4) is 0 Å². The van der Waals surface area contributed by atoms with Gasteiger partial charge >= 0.3 is 18.2 Å². The van der Waals surface area contributed by atoms with E-state index in [1.807, 2.05) is 12.1 Å². The Hall–Kier alpha value is -3.95. The van der Waals surface area contributed by atoms with Crippen molar-refractivity contribution in [3.8, 4) is 0 Å². The number of alkyl halides is 3. The summed E-state index contributed by atoms with van der Waals surface area (Å²) in [6.45, 7) is 0.794. The summed E-state index contributed by atoms with van der Waals surface area (Å²) in [6, 6.07) is 9.53. The van der Waals surface area contributed by atoms with Gasteiger partial charge in [0.1, 0.15) is 12.6 Å². The number of halogens is 3.